The fourth-order valence-electron chi connectivity index (χ4n) is 3.55. The van der Waals surface area contributed by atoms with E-state index in [1.807, 2.05) is 74.7 Å². The number of hydrogen-bond acceptors (Lipinski definition) is 5. The van der Waals surface area contributed by atoms with Gasteiger partial charge >= 0.3 is 5.97 Å². The number of nitrogens with zero attached hydrogens (tertiary/aromatic N) is 2. The fourth-order valence-corrected chi connectivity index (χ4v) is 3.96. The third-order valence-corrected chi connectivity index (χ3v) is 6.06. The first kappa shape index (κ1) is 22.9. The van der Waals surface area contributed by atoms with Gasteiger partial charge in [0, 0.05) is 36.1 Å². The van der Waals surface area contributed by atoms with Crippen molar-refractivity contribution in [3.05, 3.63) is 60.2 Å². The van der Waals surface area contributed by atoms with Crippen LogP contribution in [0.25, 0.3) is 0 Å². The number of carbonyl (C=O) groups excluding carboxylic acids is 3. The van der Waals surface area contributed by atoms with Gasteiger partial charge < -0.3 is 14.5 Å². The Balaban J connectivity index is 1.55. The van der Waals surface area contributed by atoms with Gasteiger partial charge in [-0.15, -0.1) is 11.8 Å². The molecule has 3 rings (SSSR count). The van der Waals surface area contributed by atoms with Crippen LogP contribution in [0.5, 0.6) is 0 Å². The third-order valence-electron chi connectivity index (χ3n) is 5.32. The molecular formula is C24H28N2O4S. The Hall–Kier alpha value is -2.80. The average molecular weight is 441 g/mol. The SMILES string of the molecule is CSc1ccc(N2CC(C(=O)OCC(=O)N(Cc3ccccc3)C(C)C)CC2=O)cc1. The highest BCUT2D eigenvalue weighted by atomic mass is 32.2. The summed E-state index contributed by atoms with van der Waals surface area (Å²) in [6.07, 6.45) is 2.08. The van der Waals surface area contributed by atoms with E-state index in [0.29, 0.717) is 6.54 Å². The highest BCUT2D eigenvalue weighted by molar-refractivity contribution is 7.98. The van der Waals surface area contributed by atoms with E-state index >= 15 is 0 Å². The minimum Gasteiger partial charge on any atom is -0.455 e. The number of anilines is 1. The molecule has 6 nitrogen and oxygen atoms in total. The molecule has 0 spiro atoms. The topological polar surface area (TPSA) is 66.9 Å². The summed E-state index contributed by atoms with van der Waals surface area (Å²) >= 11 is 1.63. The van der Waals surface area contributed by atoms with Crippen LogP contribution in [0.3, 0.4) is 0 Å². The van der Waals surface area contributed by atoms with Crippen molar-refractivity contribution in [2.45, 2.75) is 37.8 Å². The van der Waals surface area contributed by atoms with E-state index in [1.165, 1.54) is 0 Å². The zero-order valence-corrected chi connectivity index (χ0v) is 18.9. The summed E-state index contributed by atoms with van der Waals surface area (Å²) in [6.45, 7) is 4.26. The van der Waals surface area contributed by atoms with Gasteiger partial charge in [0.25, 0.3) is 5.91 Å². The molecule has 0 radical (unpaired) electrons. The van der Waals surface area contributed by atoms with Gasteiger partial charge in [-0.05, 0) is 49.9 Å². The molecule has 1 aliphatic heterocycles. The zero-order valence-electron chi connectivity index (χ0n) is 18.1. The Morgan fingerprint density at radius 2 is 1.81 bits per heavy atom. The predicted molar refractivity (Wildman–Crippen MR) is 122 cm³/mol. The molecule has 164 valence electrons. The fraction of sp³-hybridized carbons (Fsp3) is 0.375. The largest absolute Gasteiger partial charge is 0.455 e. The number of thioether (sulfide) groups is 1. The van der Waals surface area contributed by atoms with Gasteiger partial charge in [0.15, 0.2) is 6.61 Å². The second-order valence-corrected chi connectivity index (χ2v) is 8.69. The number of rotatable bonds is 8. The first-order valence-electron chi connectivity index (χ1n) is 10.3. The van der Waals surface area contributed by atoms with Gasteiger partial charge in [0.05, 0.1) is 5.92 Å². The van der Waals surface area contributed by atoms with Crippen molar-refractivity contribution >= 4 is 35.2 Å². The summed E-state index contributed by atoms with van der Waals surface area (Å²) in [5.41, 5.74) is 1.78. The van der Waals surface area contributed by atoms with E-state index in [9.17, 15) is 14.4 Å². The van der Waals surface area contributed by atoms with Crippen LogP contribution in [-0.2, 0) is 25.7 Å². The van der Waals surface area contributed by atoms with Gasteiger partial charge in [0.2, 0.25) is 5.91 Å². The summed E-state index contributed by atoms with van der Waals surface area (Å²) < 4.78 is 5.31. The maximum atomic E-state index is 12.7. The second kappa shape index (κ2) is 10.5. The third kappa shape index (κ3) is 5.88. The highest BCUT2D eigenvalue weighted by Gasteiger charge is 2.36. The van der Waals surface area contributed by atoms with Crippen LogP contribution in [-0.4, -0.2) is 48.1 Å². The molecule has 7 heteroatoms. The molecule has 0 aromatic heterocycles. The first-order valence-corrected chi connectivity index (χ1v) is 11.6. The van der Waals surface area contributed by atoms with Crippen molar-refractivity contribution < 1.29 is 19.1 Å². The number of esters is 1. The standard InChI is InChI=1S/C24H28N2O4S/c1-17(2)25(14-18-7-5-4-6-8-18)23(28)16-30-24(29)19-13-22(27)26(15-19)20-9-11-21(31-3)12-10-20/h4-12,17,19H,13-16H2,1-3H3. The molecule has 2 aromatic rings. The summed E-state index contributed by atoms with van der Waals surface area (Å²) in [5, 5.41) is 0. The molecule has 1 atom stereocenters. The summed E-state index contributed by atoms with van der Waals surface area (Å²) in [5.74, 6) is -1.44. The minimum atomic E-state index is -0.567. The van der Waals surface area contributed by atoms with Crippen molar-refractivity contribution in [2.24, 2.45) is 5.92 Å². The van der Waals surface area contributed by atoms with E-state index in [4.69, 9.17) is 4.74 Å². The Morgan fingerprint density at radius 3 is 2.42 bits per heavy atom. The van der Waals surface area contributed by atoms with Crippen LogP contribution in [0.4, 0.5) is 5.69 Å². The molecule has 0 saturated carbocycles. The number of amides is 2. The number of ether oxygens (including phenoxy) is 1. The number of benzene rings is 2. The minimum absolute atomic E-state index is 0.0285. The van der Waals surface area contributed by atoms with Crippen LogP contribution in [0.15, 0.2) is 59.5 Å². The van der Waals surface area contributed by atoms with E-state index in [2.05, 4.69) is 0 Å². The molecule has 1 fully saturated rings. The van der Waals surface area contributed by atoms with Gasteiger partial charge in [-0.1, -0.05) is 30.3 Å². The van der Waals surface area contributed by atoms with Gasteiger partial charge in [-0.25, -0.2) is 0 Å². The summed E-state index contributed by atoms with van der Waals surface area (Å²) in [6, 6.07) is 17.3. The smallest absolute Gasteiger partial charge is 0.311 e. The summed E-state index contributed by atoms with van der Waals surface area (Å²) in [4.78, 5) is 42.1. The van der Waals surface area contributed by atoms with Crippen molar-refractivity contribution in [3.8, 4) is 0 Å². The number of carbonyl (C=O) groups is 3. The lowest BCUT2D eigenvalue weighted by molar-refractivity contribution is -0.156. The van der Waals surface area contributed by atoms with E-state index in [-0.39, 0.29) is 37.4 Å². The van der Waals surface area contributed by atoms with E-state index < -0.39 is 11.9 Å². The molecular weight excluding hydrogens is 412 g/mol. The normalized spacial score (nSPS) is 15.9. The van der Waals surface area contributed by atoms with Crippen molar-refractivity contribution in [2.75, 3.05) is 24.3 Å². The molecule has 1 saturated heterocycles. The highest BCUT2D eigenvalue weighted by Crippen LogP contribution is 2.27. The molecule has 1 heterocycles. The Bertz CT molecular complexity index is 915. The maximum absolute atomic E-state index is 12.7. The Morgan fingerprint density at radius 1 is 1.13 bits per heavy atom. The van der Waals surface area contributed by atoms with Crippen LogP contribution < -0.4 is 4.90 Å². The maximum Gasteiger partial charge on any atom is 0.311 e. The molecule has 2 aromatic carbocycles. The zero-order chi connectivity index (χ0) is 22.4. The number of hydrogen-bond donors (Lipinski definition) is 0. The molecule has 31 heavy (non-hydrogen) atoms. The lowest BCUT2D eigenvalue weighted by Gasteiger charge is -2.27. The van der Waals surface area contributed by atoms with Gasteiger partial charge in [-0.2, -0.15) is 0 Å². The van der Waals surface area contributed by atoms with E-state index in [1.54, 1.807) is 21.6 Å². The van der Waals surface area contributed by atoms with Gasteiger partial charge in [0.1, 0.15) is 0 Å². The van der Waals surface area contributed by atoms with Gasteiger partial charge in [-0.3, -0.25) is 14.4 Å². The second-order valence-electron chi connectivity index (χ2n) is 7.81. The molecule has 1 aliphatic rings. The molecule has 2 amide bonds. The van der Waals surface area contributed by atoms with Crippen LogP contribution >= 0.6 is 11.8 Å². The van der Waals surface area contributed by atoms with E-state index in [0.717, 1.165) is 16.1 Å². The van der Waals surface area contributed by atoms with Crippen LogP contribution in [0.1, 0.15) is 25.8 Å². The summed E-state index contributed by atoms with van der Waals surface area (Å²) in [7, 11) is 0. The van der Waals surface area contributed by atoms with Crippen LogP contribution in [0.2, 0.25) is 0 Å². The molecule has 0 bridgehead atoms. The lowest BCUT2D eigenvalue weighted by atomic mass is 10.1. The van der Waals surface area contributed by atoms with Crippen molar-refractivity contribution in [1.29, 1.82) is 0 Å². The Kier molecular flexibility index (Phi) is 7.74. The van der Waals surface area contributed by atoms with Crippen molar-refractivity contribution in [3.63, 3.8) is 0 Å². The average Bonchev–Trinajstić information content (AvgIpc) is 3.17. The molecule has 1 unspecified atom stereocenters. The lowest BCUT2D eigenvalue weighted by Crippen LogP contribution is -2.39. The first-order chi connectivity index (χ1) is 14.9. The Labute approximate surface area is 187 Å². The quantitative estimate of drug-likeness (QED) is 0.462. The van der Waals surface area contributed by atoms with Crippen LogP contribution in [0, 0.1) is 5.92 Å². The molecule has 0 N–H and O–H groups in total. The predicted octanol–water partition coefficient (Wildman–Crippen LogP) is 3.74. The van der Waals surface area contributed by atoms with Crippen molar-refractivity contribution in [1.82, 2.24) is 4.90 Å². The molecule has 0 aliphatic carbocycles. The monoisotopic (exact) mass is 440 g/mol.